The number of nitrogens with zero attached hydrogens (tertiary/aromatic N) is 4. The summed E-state index contributed by atoms with van der Waals surface area (Å²) in [6.45, 7) is 5.52. The molecule has 2 fully saturated rings. The molecule has 0 unspecified atom stereocenters. The molecule has 6 heteroatoms. The van der Waals surface area contributed by atoms with E-state index in [-0.39, 0.29) is 12.1 Å². The van der Waals surface area contributed by atoms with Crippen LogP contribution in [0.1, 0.15) is 43.1 Å². The van der Waals surface area contributed by atoms with Gasteiger partial charge in [-0.1, -0.05) is 30.8 Å². The number of hydrogen-bond acceptors (Lipinski definition) is 6. The van der Waals surface area contributed by atoms with E-state index >= 15 is 0 Å². The number of fused-ring (bicyclic) bond motifs is 1. The predicted molar refractivity (Wildman–Crippen MR) is 115 cm³/mol. The minimum atomic E-state index is 0.0264. The van der Waals surface area contributed by atoms with Crippen LogP contribution in [-0.4, -0.2) is 47.0 Å². The lowest BCUT2D eigenvalue weighted by Crippen LogP contribution is -2.28. The Hall–Kier alpha value is -2.21. The first-order chi connectivity index (χ1) is 13.7. The number of thioether (sulfide) groups is 1. The van der Waals surface area contributed by atoms with Crippen molar-refractivity contribution < 1.29 is 4.74 Å². The number of rotatable bonds is 4. The minimum absolute atomic E-state index is 0.0264. The topological polar surface area (TPSA) is 41.0 Å². The summed E-state index contributed by atoms with van der Waals surface area (Å²) in [7, 11) is 1.78. The molecule has 2 saturated heterocycles. The van der Waals surface area contributed by atoms with E-state index in [0.717, 1.165) is 36.2 Å². The second-order valence-corrected chi connectivity index (χ2v) is 9.17. The van der Waals surface area contributed by atoms with Crippen molar-refractivity contribution in [2.45, 2.75) is 37.1 Å². The van der Waals surface area contributed by atoms with Gasteiger partial charge < -0.3 is 14.5 Å². The van der Waals surface area contributed by atoms with Gasteiger partial charge in [-0.25, -0.2) is 0 Å². The SMILES string of the molecule is COc1cc([C@@H]2[C@@H](c3ccccn3)N=C3S[C@@H](C)CN32)ccc1N1CCCC1. The van der Waals surface area contributed by atoms with Crippen LogP contribution < -0.4 is 9.64 Å². The second-order valence-electron chi connectivity index (χ2n) is 7.76. The quantitative estimate of drug-likeness (QED) is 0.774. The van der Waals surface area contributed by atoms with E-state index in [1.807, 2.05) is 24.0 Å². The maximum Gasteiger partial charge on any atom is 0.160 e. The van der Waals surface area contributed by atoms with Crippen molar-refractivity contribution in [1.82, 2.24) is 9.88 Å². The van der Waals surface area contributed by atoms with Gasteiger partial charge in [0.1, 0.15) is 11.8 Å². The highest BCUT2D eigenvalue weighted by Gasteiger charge is 2.43. The standard InChI is InChI=1S/C22H26N4OS/c1-15-14-26-21(20(24-22(26)28-15)17-7-3-4-10-23-17)16-8-9-18(19(13-16)27-2)25-11-5-6-12-25/h3-4,7-10,13,15,20-21H,5-6,11-12,14H2,1-2H3/t15-,20+,21+/m0/s1. The maximum atomic E-state index is 5.81. The molecule has 0 amide bonds. The fourth-order valence-electron chi connectivity index (χ4n) is 4.58. The number of pyridine rings is 1. The molecular formula is C22H26N4OS. The van der Waals surface area contributed by atoms with Gasteiger partial charge in [-0.2, -0.15) is 0 Å². The number of ether oxygens (including phenoxy) is 1. The van der Waals surface area contributed by atoms with E-state index in [1.54, 1.807) is 7.11 Å². The Labute approximate surface area is 170 Å². The van der Waals surface area contributed by atoms with Crippen LogP contribution in [0.4, 0.5) is 5.69 Å². The summed E-state index contributed by atoms with van der Waals surface area (Å²) >= 11 is 1.88. The van der Waals surface area contributed by atoms with Gasteiger partial charge in [0.05, 0.1) is 24.5 Å². The van der Waals surface area contributed by atoms with Gasteiger partial charge in [0.25, 0.3) is 0 Å². The Bertz CT molecular complexity index is 881. The molecule has 0 spiro atoms. The minimum Gasteiger partial charge on any atom is -0.495 e. The highest BCUT2D eigenvalue weighted by molar-refractivity contribution is 8.14. The summed E-state index contributed by atoms with van der Waals surface area (Å²) in [4.78, 5) is 14.6. The largest absolute Gasteiger partial charge is 0.495 e. The van der Waals surface area contributed by atoms with Crippen LogP contribution in [0.15, 0.2) is 47.6 Å². The molecule has 28 heavy (non-hydrogen) atoms. The van der Waals surface area contributed by atoms with Gasteiger partial charge in [0, 0.05) is 31.1 Å². The van der Waals surface area contributed by atoms with Crippen LogP contribution in [0.3, 0.4) is 0 Å². The number of aliphatic imine (C=N–C) groups is 1. The van der Waals surface area contributed by atoms with Crippen molar-refractivity contribution in [3.8, 4) is 5.75 Å². The predicted octanol–water partition coefficient (Wildman–Crippen LogP) is 4.28. The number of hydrogen-bond donors (Lipinski definition) is 0. The molecule has 1 aromatic carbocycles. The Morgan fingerprint density at radius 2 is 2.00 bits per heavy atom. The van der Waals surface area contributed by atoms with Crippen molar-refractivity contribution in [2.75, 3.05) is 31.6 Å². The number of aromatic nitrogens is 1. The first-order valence-electron chi connectivity index (χ1n) is 10.1. The number of methoxy groups -OCH3 is 1. The zero-order chi connectivity index (χ0) is 19.1. The third-order valence-electron chi connectivity index (χ3n) is 5.87. The van der Waals surface area contributed by atoms with Crippen molar-refractivity contribution in [3.05, 3.63) is 53.9 Å². The molecule has 3 aliphatic heterocycles. The molecular weight excluding hydrogens is 368 g/mol. The Balaban J connectivity index is 1.54. The molecule has 4 heterocycles. The van der Waals surface area contributed by atoms with Crippen molar-refractivity contribution in [1.29, 1.82) is 0 Å². The molecule has 1 aromatic heterocycles. The molecule has 2 aromatic rings. The Kier molecular flexibility index (Phi) is 4.67. The van der Waals surface area contributed by atoms with Crippen molar-refractivity contribution in [2.24, 2.45) is 4.99 Å². The molecule has 146 valence electrons. The van der Waals surface area contributed by atoms with Crippen LogP contribution >= 0.6 is 11.8 Å². The van der Waals surface area contributed by atoms with Crippen LogP contribution in [0.25, 0.3) is 0 Å². The van der Waals surface area contributed by atoms with Gasteiger partial charge in [0.15, 0.2) is 5.17 Å². The number of amidine groups is 1. The van der Waals surface area contributed by atoms with Gasteiger partial charge in [-0.05, 0) is 42.7 Å². The molecule has 3 atom stereocenters. The maximum absolute atomic E-state index is 5.81. The number of benzene rings is 1. The monoisotopic (exact) mass is 394 g/mol. The molecule has 0 aliphatic carbocycles. The van der Waals surface area contributed by atoms with E-state index in [2.05, 4.69) is 52.0 Å². The van der Waals surface area contributed by atoms with E-state index in [9.17, 15) is 0 Å². The summed E-state index contributed by atoms with van der Waals surface area (Å²) in [5, 5.41) is 1.72. The summed E-state index contributed by atoms with van der Waals surface area (Å²) in [5.41, 5.74) is 3.50. The Morgan fingerprint density at radius 3 is 2.75 bits per heavy atom. The van der Waals surface area contributed by atoms with Crippen molar-refractivity contribution in [3.63, 3.8) is 0 Å². The van der Waals surface area contributed by atoms with Crippen LogP contribution in [0.5, 0.6) is 5.75 Å². The lowest BCUT2D eigenvalue weighted by molar-refractivity contribution is 0.320. The third-order valence-corrected chi connectivity index (χ3v) is 6.98. The van der Waals surface area contributed by atoms with Gasteiger partial charge in [0.2, 0.25) is 0 Å². The molecule has 0 bridgehead atoms. The molecule has 5 rings (SSSR count). The smallest absolute Gasteiger partial charge is 0.160 e. The normalized spacial score (nSPS) is 26.5. The second kappa shape index (κ2) is 7.32. The highest BCUT2D eigenvalue weighted by Crippen LogP contribution is 2.48. The molecule has 3 aliphatic rings. The average Bonchev–Trinajstić information content (AvgIpc) is 3.44. The van der Waals surface area contributed by atoms with Crippen LogP contribution in [-0.2, 0) is 0 Å². The fraction of sp³-hybridized carbons (Fsp3) is 0.455. The van der Waals surface area contributed by atoms with Gasteiger partial charge in [-0.3, -0.25) is 9.98 Å². The summed E-state index contributed by atoms with van der Waals surface area (Å²) < 4.78 is 5.81. The summed E-state index contributed by atoms with van der Waals surface area (Å²) in [6, 6.07) is 13.0. The lowest BCUT2D eigenvalue weighted by atomic mass is 9.95. The van der Waals surface area contributed by atoms with E-state index in [1.165, 1.54) is 24.1 Å². The van der Waals surface area contributed by atoms with E-state index < -0.39 is 0 Å². The van der Waals surface area contributed by atoms with Crippen LogP contribution in [0.2, 0.25) is 0 Å². The molecule has 0 saturated carbocycles. The Morgan fingerprint density at radius 1 is 1.14 bits per heavy atom. The fourth-order valence-corrected chi connectivity index (χ4v) is 5.67. The first-order valence-corrected chi connectivity index (χ1v) is 11.0. The zero-order valence-electron chi connectivity index (χ0n) is 16.4. The molecule has 0 N–H and O–H groups in total. The van der Waals surface area contributed by atoms with E-state index in [0.29, 0.717) is 5.25 Å². The zero-order valence-corrected chi connectivity index (χ0v) is 17.2. The highest BCUT2D eigenvalue weighted by atomic mass is 32.2. The van der Waals surface area contributed by atoms with E-state index in [4.69, 9.17) is 9.73 Å². The number of anilines is 1. The third kappa shape index (κ3) is 3.04. The summed E-state index contributed by atoms with van der Waals surface area (Å²) in [6.07, 6.45) is 4.38. The molecule has 0 radical (unpaired) electrons. The molecule has 5 nitrogen and oxygen atoms in total. The van der Waals surface area contributed by atoms with Gasteiger partial charge in [-0.15, -0.1) is 0 Å². The average molecular weight is 395 g/mol. The van der Waals surface area contributed by atoms with Crippen LogP contribution in [0, 0.1) is 0 Å². The lowest BCUT2D eigenvalue weighted by Gasteiger charge is -2.29. The van der Waals surface area contributed by atoms with Crippen molar-refractivity contribution >= 4 is 22.6 Å². The van der Waals surface area contributed by atoms with Gasteiger partial charge >= 0.3 is 0 Å². The first kappa shape index (κ1) is 17.9. The summed E-state index contributed by atoms with van der Waals surface area (Å²) in [5.74, 6) is 0.965.